The van der Waals surface area contributed by atoms with Gasteiger partial charge in [-0.15, -0.1) is 0 Å². The minimum Gasteiger partial charge on any atom is -0.349 e. The molecule has 0 heterocycles. The Morgan fingerprint density at radius 2 is 1.95 bits per heavy atom. The SMILES string of the molecule is CC(NC(=O)C1(c2cccc(Cl)c2)CC1)c1ccccc1Br. The Bertz CT molecular complexity index is 712. The smallest absolute Gasteiger partial charge is 0.231 e. The van der Waals surface area contributed by atoms with E-state index in [1.54, 1.807) is 0 Å². The van der Waals surface area contributed by atoms with Crippen LogP contribution in [-0.2, 0) is 10.2 Å². The molecule has 0 radical (unpaired) electrons. The fraction of sp³-hybridized carbons (Fsp3) is 0.278. The van der Waals surface area contributed by atoms with Gasteiger partial charge in [-0.05, 0) is 49.1 Å². The first-order valence-electron chi connectivity index (χ1n) is 7.34. The van der Waals surface area contributed by atoms with E-state index in [-0.39, 0.29) is 11.9 Å². The van der Waals surface area contributed by atoms with Gasteiger partial charge in [0.15, 0.2) is 0 Å². The zero-order chi connectivity index (χ0) is 15.7. The molecule has 1 N–H and O–H groups in total. The molecule has 1 aliphatic carbocycles. The first-order chi connectivity index (χ1) is 10.5. The third-order valence-corrected chi connectivity index (χ3v) is 5.24. The molecular formula is C18H17BrClNO. The van der Waals surface area contributed by atoms with E-state index in [0.717, 1.165) is 28.4 Å². The third-order valence-electron chi connectivity index (χ3n) is 4.28. The summed E-state index contributed by atoms with van der Waals surface area (Å²) in [5.41, 5.74) is 1.69. The van der Waals surface area contributed by atoms with Gasteiger partial charge >= 0.3 is 0 Å². The number of rotatable bonds is 4. The van der Waals surface area contributed by atoms with E-state index in [1.807, 2.05) is 55.5 Å². The van der Waals surface area contributed by atoms with Gasteiger partial charge in [-0.1, -0.05) is 57.9 Å². The lowest BCUT2D eigenvalue weighted by Gasteiger charge is -2.21. The van der Waals surface area contributed by atoms with E-state index in [4.69, 9.17) is 11.6 Å². The summed E-state index contributed by atoms with van der Waals surface area (Å²) >= 11 is 9.61. The van der Waals surface area contributed by atoms with Crippen molar-refractivity contribution in [3.05, 3.63) is 69.2 Å². The van der Waals surface area contributed by atoms with Crippen LogP contribution < -0.4 is 5.32 Å². The summed E-state index contributed by atoms with van der Waals surface area (Å²) in [7, 11) is 0. The Morgan fingerprint density at radius 3 is 2.59 bits per heavy atom. The van der Waals surface area contributed by atoms with Crippen molar-refractivity contribution < 1.29 is 4.79 Å². The molecule has 2 nitrogen and oxygen atoms in total. The molecule has 0 aromatic heterocycles. The molecule has 22 heavy (non-hydrogen) atoms. The van der Waals surface area contributed by atoms with Crippen LogP contribution in [-0.4, -0.2) is 5.91 Å². The number of benzene rings is 2. The van der Waals surface area contributed by atoms with E-state index < -0.39 is 5.41 Å². The molecule has 0 aliphatic heterocycles. The predicted molar refractivity (Wildman–Crippen MR) is 93.1 cm³/mol. The second-order valence-electron chi connectivity index (χ2n) is 5.81. The highest BCUT2D eigenvalue weighted by atomic mass is 79.9. The van der Waals surface area contributed by atoms with E-state index in [0.29, 0.717) is 5.02 Å². The Balaban J connectivity index is 1.79. The summed E-state index contributed by atoms with van der Waals surface area (Å²) in [6.45, 7) is 2.01. The van der Waals surface area contributed by atoms with Gasteiger partial charge in [0.25, 0.3) is 0 Å². The van der Waals surface area contributed by atoms with Crippen molar-refractivity contribution in [1.29, 1.82) is 0 Å². The normalized spacial score (nSPS) is 16.9. The van der Waals surface area contributed by atoms with E-state index in [2.05, 4.69) is 21.2 Å². The number of halogens is 2. The van der Waals surface area contributed by atoms with Crippen LogP contribution in [0.4, 0.5) is 0 Å². The van der Waals surface area contributed by atoms with E-state index in [9.17, 15) is 4.79 Å². The van der Waals surface area contributed by atoms with Crippen LogP contribution in [0.25, 0.3) is 0 Å². The van der Waals surface area contributed by atoms with Crippen molar-refractivity contribution >= 4 is 33.4 Å². The van der Waals surface area contributed by atoms with Crippen LogP contribution in [0.1, 0.15) is 36.9 Å². The quantitative estimate of drug-likeness (QED) is 0.796. The van der Waals surface area contributed by atoms with Crippen LogP contribution >= 0.6 is 27.5 Å². The highest BCUT2D eigenvalue weighted by molar-refractivity contribution is 9.10. The molecule has 1 amide bonds. The maximum Gasteiger partial charge on any atom is 0.231 e. The zero-order valence-electron chi connectivity index (χ0n) is 12.3. The maximum atomic E-state index is 12.8. The molecule has 114 valence electrons. The summed E-state index contributed by atoms with van der Waals surface area (Å²) in [5, 5.41) is 3.82. The Hall–Kier alpha value is -1.32. The lowest BCUT2D eigenvalue weighted by Crippen LogP contribution is -2.36. The predicted octanol–water partition coefficient (Wildman–Crippen LogP) is 5.01. The Morgan fingerprint density at radius 1 is 1.23 bits per heavy atom. The van der Waals surface area contributed by atoms with Crippen LogP contribution in [0, 0.1) is 0 Å². The van der Waals surface area contributed by atoms with Crippen LogP contribution in [0.3, 0.4) is 0 Å². The molecule has 4 heteroatoms. The third kappa shape index (κ3) is 2.92. The number of hydrogen-bond donors (Lipinski definition) is 1. The summed E-state index contributed by atoms with van der Waals surface area (Å²) in [4.78, 5) is 12.8. The van der Waals surface area contributed by atoms with Crippen molar-refractivity contribution in [2.24, 2.45) is 0 Å². The average Bonchev–Trinajstić information content (AvgIpc) is 3.29. The average molecular weight is 379 g/mol. The standard InChI is InChI=1S/C18H17BrClNO/c1-12(15-7-2-3-8-16(15)19)21-17(22)18(9-10-18)13-5-4-6-14(20)11-13/h2-8,11-12H,9-10H2,1H3,(H,21,22). The zero-order valence-corrected chi connectivity index (χ0v) is 14.6. The molecule has 0 spiro atoms. The van der Waals surface area contributed by atoms with Gasteiger partial charge in [0.1, 0.15) is 0 Å². The number of carbonyl (C=O) groups is 1. The lowest BCUT2D eigenvalue weighted by atomic mass is 9.94. The van der Waals surface area contributed by atoms with Crippen molar-refractivity contribution in [3.8, 4) is 0 Å². The van der Waals surface area contributed by atoms with Crippen molar-refractivity contribution in [2.75, 3.05) is 0 Å². The van der Waals surface area contributed by atoms with Crippen molar-refractivity contribution in [3.63, 3.8) is 0 Å². The summed E-state index contributed by atoms with van der Waals surface area (Å²) in [6, 6.07) is 15.5. The molecular weight excluding hydrogens is 362 g/mol. The minimum atomic E-state index is -0.402. The molecule has 2 aromatic rings. The topological polar surface area (TPSA) is 29.1 Å². The molecule has 3 rings (SSSR count). The second-order valence-corrected chi connectivity index (χ2v) is 7.10. The molecule has 1 atom stereocenters. The molecule has 1 fully saturated rings. The molecule has 0 bridgehead atoms. The fourth-order valence-electron chi connectivity index (χ4n) is 2.80. The highest BCUT2D eigenvalue weighted by Gasteiger charge is 2.51. The number of amides is 1. The highest BCUT2D eigenvalue weighted by Crippen LogP contribution is 2.49. The van der Waals surface area contributed by atoms with Gasteiger partial charge in [0.05, 0.1) is 11.5 Å². The molecule has 1 saturated carbocycles. The first-order valence-corrected chi connectivity index (χ1v) is 8.51. The summed E-state index contributed by atoms with van der Waals surface area (Å²) in [6.07, 6.45) is 1.75. The second kappa shape index (κ2) is 6.05. The van der Waals surface area contributed by atoms with Gasteiger partial charge in [-0.25, -0.2) is 0 Å². The summed E-state index contributed by atoms with van der Waals surface area (Å²) < 4.78 is 1.01. The van der Waals surface area contributed by atoms with Gasteiger partial charge in [0, 0.05) is 9.50 Å². The van der Waals surface area contributed by atoms with E-state index >= 15 is 0 Å². The Labute approximate surface area is 144 Å². The monoisotopic (exact) mass is 377 g/mol. The molecule has 1 unspecified atom stereocenters. The largest absolute Gasteiger partial charge is 0.349 e. The minimum absolute atomic E-state index is 0.0419. The fourth-order valence-corrected chi connectivity index (χ4v) is 3.62. The van der Waals surface area contributed by atoms with Gasteiger partial charge < -0.3 is 5.32 Å². The first kappa shape index (κ1) is 15.6. The van der Waals surface area contributed by atoms with Crippen LogP contribution in [0.15, 0.2) is 53.0 Å². The van der Waals surface area contributed by atoms with E-state index in [1.165, 1.54) is 0 Å². The van der Waals surface area contributed by atoms with Crippen molar-refractivity contribution in [2.45, 2.75) is 31.2 Å². The maximum absolute atomic E-state index is 12.8. The van der Waals surface area contributed by atoms with Gasteiger partial charge in [-0.2, -0.15) is 0 Å². The number of hydrogen-bond acceptors (Lipinski definition) is 1. The summed E-state index contributed by atoms with van der Waals surface area (Å²) in [5.74, 6) is 0.0815. The Kier molecular flexibility index (Phi) is 4.28. The molecule has 0 saturated heterocycles. The van der Waals surface area contributed by atoms with Gasteiger partial charge in [0.2, 0.25) is 5.91 Å². The van der Waals surface area contributed by atoms with Gasteiger partial charge in [-0.3, -0.25) is 4.79 Å². The van der Waals surface area contributed by atoms with Crippen LogP contribution in [0.2, 0.25) is 5.02 Å². The molecule has 2 aromatic carbocycles. The van der Waals surface area contributed by atoms with Crippen molar-refractivity contribution in [1.82, 2.24) is 5.32 Å². The van der Waals surface area contributed by atoms with Crippen LogP contribution in [0.5, 0.6) is 0 Å². The lowest BCUT2D eigenvalue weighted by molar-refractivity contribution is -0.124. The number of nitrogens with one attached hydrogen (secondary N) is 1. The number of carbonyl (C=O) groups excluding carboxylic acids is 1. The molecule has 1 aliphatic rings.